The minimum atomic E-state index is 0.0497. The zero-order valence-corrected chi connectivity index (χ0v) is 9.20. The third kappa shape index (κ3) is 1.96. The van der Waals surface area contributed by atoms with E-state index in [1.54, 1.807) is 0 Å². The van der Waals surface area contributed by atoms with E-state index in [0.717, 1.165) is 22.2 Å². The van der Waals surface area contributed by atoms with Gasteiger partial charge in [0, 0.05) is 17.4 Å². The molecule has 74 valence electrons. The molecule has 0 saturated carbocycles. The van der Waals surface area contributed by atoms with Crippen LogP contribution < -0.4 is 5.73 Å². The molecule has 0 aromatic heterocycles. The molecule has 4 heteroatoms. The van der Waals surface area contributed by atoms with Crippen LogP contribution in [0.15, 0.2) is 33.9 Å². The highest BCUT2D eigenvalue weighted by Crippen LogP contribution is 2.18. The lowest BCUT2D eigenvalue weighted by atomic mass is 10.1. The van der Waals surface area contributed by atoms with E-state index >= 15 is 0 Å². The molecule has 1 aromatic rings. The molecule has 2 rings (SSSR count). The Morgan fingerprint density at radius 1 is 1.43 bits per heavy atom. The molecule has 0 amide bonds. The molecule has 0 bridgehead atoms. The van der Waals surface area contributed by atoms with Crippen molar-refractivity contribution in [1.82, 2.24) is 0 Å². The maximum atomic E-state index is 5.49. The number of nitrogens with zero attached hydrogens (tertiary/aromatic N) is 1. The summed E-state index contributed by atoms with van der Waals surface area (Å²) in [5.41, 5.74) is 7.57. The second-order valence-corrected chi connectivity index (χ2v) is 4.13. The molecular formula is C10H11BrN2O. The smallest absolute Gasteiger partial charge is 0.145 e. The van der Waals surface area contributed by atoms with Crippen LogP contribution in [0.4, 0.5) is 0 Å². The van der Waals surface area contributed by atoms with E-state index in [4.69, 9.17) is 10.6 Å². The summed E-state index contributed by atoms with van der Waals surface area (Å²) in [5.74, 6) is 0. The van der Waals surface area contributed by atoms with Crippen LogP contribution in [0.3, 0.4) is 0 Å². The molecular weight excluding hydrogens is 244 g/mol. The van der Waals surface area contributed by atoms with E-state index in [-0.39, 0.29) is 6.10 Å². The van der Waals surface area contributed by atoms with Crippen LogP contribution in [0.5, 0.6) is 0 Å². The number of hydrogen-bond donors (Lipinski definition) is 1. The highest BCUT2D eigenvalue weighted by atomic mass is 79.9. The average Bonchev–Trinajstić information content (AvgIpc) is 2.67. The summed E-state index contributed by atoms with van der Waals surface area (Å²) in [6.45, 7) is 0.517. The summed E-state index contributed by atoms with van der Waals surface area (Å²) in [5, 5.41) is 4.01. The van der Waals surface area contributed by atoms with E-state index < -0.39 is 0 Å². The Morgan fingerprint density at radius 2 is 2.14 bits per heavy atom. The van der Waals surface area contributed by atoms with Crippen molar-refractivity contribution in [3.63, 3.8) is 0 Å². The lowest BCUT2D eigenvalue weighted by Gasteiger charge is -2.02. The molecule has 0 spiro atoms. The molecule has 2 N–H and O–H groups in total. The average molecular weight is 255 g/mol. The third-order valence-electron chi connectivity index (χ3n) is 2.17. The van der Waals surface area contributed by atoms with Gasteiger partial charge in [-0.05, 0) is 17.7 Å². The molecule has 1 aliphatic heterocycles. The highest BCUT2D eigenvalue weighted by Gasteiger charge is 2.20. The molecule has 0 aliphatic carbocycles. The first kappa shape index (κ1) is 9.68. The van der Waals surface area contributed by atoms with Crippen LogP contribution in [-0.4, -0.2) is 18.4 Å². The molecule has 14 heavy (non-hydrogen) atoms. The minimum Gasteiger partial charge on any atom is -0.390 e. The monoisotopic (exact) mass is 254 g/mol. The van der Waals surface area contributed by atoms with Gasteiger partial charge in [-0.3, -0.25) is 0 Å². The number of nitrogens with two attached hydrogens (primary N) is 1. The van der Waals surface area contributed by atoms with Gasteiger partial charge in [0.1, 0.15) is 6.10 Å². The standard InChI is InChI=1S/C10H11BrN2O/c11-8-3-1-7(2-4-8)10-5-9(6-12)14-13-10/h1-4,9H,5-6,12H2. The van der Waals surface area contributed by atoms with Crippen LogP contribution in [0.25, 0.3) is 0 Å². The Hall–Kier alpha value is -0.870. The predicted molar refractivity (Wildman–Crippen MR) is 59.2 cm³/mol. The van der Waals surface area contributed by atoms with Crippen molar-refractivity contribution in [3.8, 4) is 0 Å². The van der Waals surface area contributed by atoms with Gasteiger partial charge in [-0.15, -0.1) is 0 Å². The highest BCUT2D eigenvalue weighted by molar-refractivity contribution is 9.10. The lowest BCUT2D eigenvalue weighted by molar-refractivity contribution is 0.0918. The van der Waals surface area contributed by atoms with Crippen LogP contribution in [0.2, 0.25) is 0 Å². The maximum Gasteiger partial charge on any atom is 0.145 e. The second-order valence-electron chi connectivity index (χ2n) is 3.21. The number of halogens is 1. The number of rotatable bonds is 2. The fourth-order valence-corrected chi connectivity index (χ4v) is 1.63. The summed E-state index contributed by atoms with van der Waals surface area (Å²) in [7, 11) is 0. The van der Waals surface area contributed by atoms with Gasteiger partial charge in [-0.1, -0.05) is 33.2 Å². The van der Waals surface area contributed by atoms with Crippen LogP contribution in [0, 0.1) is 0 Å². The molecule has 0 saturated heterocycles. The zero-order valence-electron chi connectivity index (χ0n) is 7.61. The van der Waals surface area contributed by atoms with Crippen molar-refractivity contribution in [1.29, 1.82) is 0 Å². The van der Waals surface area contributed by atoms with E-state index in [9.17, 15) is 0 Å². The van der Waals surface area contributed by atoms with E-state index in [2.05, 4.69) is 21.1 Å². The van der Waals surface area contributed by atoms with Crippen molar-refractivity contribution in [2.24, 2.45) is 10.9 Å². The van der Waals surface area contributed by atoms with Crippen LogP contribution in [0.1, 0.15) is 12.0 Å². The maximum absolute atomic E-state index is 5.49. The molecule has 1 aliphatic rings. The number of benzene rings is 1. The fraction of sp³-hybridized carbons (Fsp3) is 0.300. The molecule has 1 heterocycles. The summed E-state index contributed by atoms with van der Waals surface area (Å²) in [6.07, 6.45) is 0.853. The first-order chi connectivity index (χ1) is 6.79. The number of oxime groups is 1. The van der Waals surface area contributed by atoms with Gasteiger partial charge >= 0.3 is 0 Å². The molecule has 0 radical (unpaired) electrons. The van der Waals surface area contributed by atoms with Gasteiger partial charge in [0.05, 0.1) is 5.71 Å². The topological polar surface area (TPSA) is 47.6 Å². The van der Waals surface area contributed by atoms with Crippen molar-refractivity contribution < 1.29 is 4.84 Å². The first-order valence-electron chi connectivity index (χ1n) is 4.48. The van der Waals surface area contributed by atoms with Crippen molar-refractivity contribution in [2.45, 2.75) is 12.5 Å². The zero-order chi connectivity index (χ0) is 9.97. The van der Waals surface area contributed by atoms with Crippen molar-refractivity contribution >= 4 is 21.6 Å². The molecule has 1 atom stereocenters. The van der Waals surface area contributed by atoms with E-state index in [1.165, 1.54) is 0 Å². The Balaban J connectivity index is 2.13. The van der Waals surface area contributed by atoms with Gasteiger partial charge < -0.3 is 10.6 Å². The molecule has 1 aromatic carbocycles. The Kier molecular flexibility index (Phi) is 2.84. The van der Waals surface area contributed by atoms with Gasteiger partial charge in [0.2, 0.25) is 0 Å². The van der Waals surface area contributed by atoms with Gasteiger partial charge in [-0.25, -0.2) is 0 Å². The Bertz CT molecular complexity index is 348. The Morgan fingerprint density at radius 3 is 2.71 bits per heavy atom. The van der Waals surface area contributed by atoms with E-state index in [1.807, 2.05) is 24.3 Å². The lowest BCUT2D eigenvalue weighted by Crippen LogP contribution is -2.20. The number of hydrogen-bond acceptors (Lipinski definition) is 3. The summed E-state index contributed by atoms with van der Waals surface area (Å²) in [6, 6.07) is 8.03. The Labute approximate surface area is 91.1 Å². The van der Waals surface area contributed by atoms with Crippen molar-refractivity contribution in [3.05, 3.63) is 34.3 Å². The fourth-order valence-electron chi connectivity index (χ4n) is 1.37. The summed E-state index contributed by atoms with van der Waals surface area (Å²) in [4.78, 5) is 5.15. The molecule has 1 unspecified atom stereocenters. The van der Waals surface area contributed by atoms with Crippen LogP contribution in [-0.2, 0) is 4.84 Å². The summed E-state index contributed by atoms with van der Waals surface area (Å²) < 4.78 is 1.07. The second kappa shape index (κ2) is 4.11. The van der Waals surface area contributed by atoms with Gasteiger partial charge in [0.15, 0.2) is 0 Å². The largest absolute Gasteiger partial charge is 0.390 e. The predicted octanol–water partition coefficient (Wildman–Crippen LogP) is 1.90. The normalized spacial score (nSPS) is 20.4. The quantitative estimate of drug-likeness (QED) is 0.877. The minimum absolute atomic E-state index is 0.0497. The van der Waals surface area contributed by atoms with Crippen molar-refractivity contribution in [2.75, 3.05) is 6.54 Å². The van der Waals surface area contributed by atoms with Gasteiger partial charge in [-0.2, -0.15) is 0 Å². The third-order valence-corrected chi connectivity index (χ3v) is 2.70. The van der Waals surface area contributed by atoms with Gasteiger partial charge in [0.25, 0.3) is 0 Å². The van der Waals surface area contributed by atoms with Crippen LogP contribution >= 0.6 is 15.9 Å². The first-order valence-corrected chi connectivity index (χ1v) is 5.27. The van der Waals surface area contributed by atoms with E-state index in [0.29, 0.717) is 6.54 Å². The molecule has 3 nitrogen and oxygen atoms in total. The summed E-state index contributed by atoms with van der Waals surface area (Å²) >= 11 is 3.39. The SMILES string of the molecule is NCC1CC(c2ccc(Br)cc2)=NO1. The molecule has 0 fully saturated rings.